The van der Waals surface area contributed by atoms with Crippen LogP contribution in [0.15, 0.2) is 0 Å². The van der Waals surface area contributed by atoms with Crippen molar-refractivity contribution in [2.24, 2.45) is 5.92 Å². The summed E-state index contributed by atoms with van der Waals surface area (Å²) in [4.78, 5) is 24.1. The maximum absolute atomic E-state index is 11.8. The van der Waals surface area contributed by atoms with Gasteiger partial charge in [-0.15, -0.1) is 10.2 Å². The Labute approximate surface area is 103 Å². The number of carbonyl (C=O) groups is 2. The lowest BCUT2D eigenvalue weighted by Gasteiger charge is -2.29. The molecule has 1 aliphatic rings. The molecule has 18 heavy (non-hydrogen) atoms. The number of carboxylic acids is 1. The number of urea groups is 1. The van der Waals surface area contributed by atoms with Crippen LogP contribution < -0.4 is 5.32 Å². The highest BCUT2D eigenvalue weighted by Crippen LogP contribution is 2.17. The first-order valence-corrected chi connectivity index (χ1v) is 5.64. The fraction of sp³-hybridized carbons (Fsp3) is 0.667. The number of carbonyl (C=O) groups excluding carboxylic acids is 1. The molecule has 2 amide bonds. The smallest absolute Gasteiger partial charge is 0.317 e. The summed E-state index contributed by atoms with van der Waals surface area (Å²) in [6.07, 6.45) is 0.982. The Hall–Kier alpha value is -2.19. The van der Waals surface area contributed by atoms with Crippen LogP contribution in [0.2, 0.25) is 0 Å². The summed E-state index contributed by atoms with van der Waals surface area (Å²) in [7, 11) is 0. The zero-order valence-corrected chi connectivity index (χ0v) is 9.67. The number of hydrogen-bond donors (Lipinski definition) is 3. The van der Waals surface area contributed by atoms with E-state index in [4.69, 9.17) is 5.11 Å². The molecule has 0 aromatic carbocycles. The van der Waals surface area contributed by atoms with Gasteiger partial charge in [0.1, 0.15) is 0 Å². The number of tetrazole rings is 1. The van der Waals surface area contributed by atoms with E-state index in [1.165, 1.54) is 0 Å². The SMILES string of the molecule is O=C(O)C1CCN(C(=O)NCc2nn[nH]n2)CC1. The number of aromatic amines is 1. The van der Waals surface area contributed by atoms with Crippen LogP contribution in [-0.2, 0) is 11.3 Å². The summed E-state index contributed by atoms with van der Waals surface area (Å²) < 4.78 is 0. The van der Waals surface area contributed by atoms with E-state index in [9.17, 15) is 9.59 Å². The highest BCUT2D eigenvalue weighted by molar-refractivity contribution is 5.75. The molecule has 2 heterocycles. The van der Waals surface area contributed by atoms with Crippen LogP contribution in [0.5, 0.6) is 0 Å². The largest absolute Gasteiger partial charge is 0.481 e. The number of carboxylic acid groups (broad SMARTS) is 1. The molecule has 3 N–H and O–H groups in total. The number of H-pyrrole nitrogens is 1. The molecule has 1 aromatic rings. The minimum atomic E-state index is -0.790. The summed E-state index contributed by atoms with van der Waals surface area (Å²) in [6.45, 7) is 1.11. The van der Waals surface area contributed by atoms with Crippen molar-refractivity contribution in [3.63, 3.8) is 0 Å². The average Bonchev–Trinajstić information content (AvgIpc) is 2.89. The average molecular weight is 254 g/mol. The maximum atomic E-state index is 11.8. The van der Waals surface area contributed by atoms with Gasteiger partial charge in [0.15, 0.2) is 5.82 Å². The van der Waals surface area contributed by atoms with Crippen molar-refractivity contribution in [3.05, 3.63) is 5.82 Å². The first kappa shape index (κ1) is 12.3. The molecule has 0 radical (unpaired) electrons. The number of likely N-dealkylation sites (tertiary alicyclic amines) is 1. The van der Waals surface area contributed by atoms with Crippen LogP contribution in [0.25, 0.3) is 0 Å². The van der Waals surface area contributed by atoms with Crippen molar-refractivity contribution in [1.82, 2.24) is 30.8 Å². The zero-order chi connectivity index (χ0) is 13.0. The fourth-order valence-corrected chi connectivity index (χ4v) is 1.85. The van der Waals surface area contributed by atoms with Crippen LogP contribution in [0.4, 0.5) is 4.79 Å². The number of aromatic nitrogens is 4. The number of aliphatic carboxylic acids is 1. The lowest BCUT2D eigenvalue weighted by atomic mass is 9.97. The molecule has 9 heteroatoms. The molecular weight excluding hydrogens is 240 g/mol. The number of rotatable bonds is 3. The van der Waals surface area contributed by atoms with Crippen molar-refractivity contribution in [1.29, 1.82) is 0 Å². The molecule has 2 rings (SSSR count). The molecule has 9 nitrogen and oxygen atoms in total. The number of piperidine rings is 1. The molecule has 0 saturated carbocycles. The number of nitrogens with zero attached hydrogens (tertiary/aromatic N) is 4. The molecule has 0 atom stereocenters. The summed E-state index contributed by atoms with van der Waals surface area (Å²) in [5.41, 5.74) is 0. The fourth-order valence-electron chi connectivity index (χ4n) is 1.85. The topological polar surface area (TPSA) is 124 Å². The van der Waals surface area contributed by atoms with Crippen LogP contribution in [0.3, 0.4) is 0 Å². The van der Waals surface area contributed by atoms with Crippen LogP contribution in [0.1, 0.15) is 18.7 Å². The minimum absolute atomic E-state index is 0.203. The van der Waals surface area contributed by atoms with E-state index in [-0.39, 0.29) is 18.5 Å². The van der Waals surface area contributed by atoms with E-state index in [1.807, 2.05) is 0 Å². The molecule has 98 valence electrons. The van der Waals surface area contributed by atoms with Gasteiger partial charge >= 0.3 is 12.0 Å². The molecule has 1 aromatic heterocycles. The van der Waals surface area contributed by atoms with Gasteiger partial charge in [-0.05, 0) is 12.8 Å². The normalized spacial score (nSPS) is 16.6. The van der Waals surface area contributed by atoms with E-state index in [0.29, 0.717) is 31.8 Å². The van der Waals surface area contributed by atoms with Crippen LogP contribution >= 0.6 is 0 Å². The Bertz CT molecular complexity index is 412. The first-order chi connectivity index (χ1) is 8.66. The van der Waals surface area contributed by atoms with Gasteiger partial charge < -0.3 is 15.3 Å². The van der Waals surface area contributed by atoms with Crippen molar-refractivity contribution in [2.75, 3.05) is 13.1 Å². The zero-order valence-electron chi connectivity index (χ0n) is 9.67. The predicted octanol–water partition coefficient (Wildman–Crippen LogP) is -0.794. The Morgan fingerprint density at radius 1 is 1.44 bits per heavy atom. The van der Waals surface area contributed by atoms with Crippen molar-refractivity contribution >= 4 is 12.0 Å². The summed E-state index contributed by atoms with van der Waals surface area (Å²) in [6, 6.07) is -0.233. The Kier molecular flexibility index (Phi) is 3.70. The monoisotopic (exact) mass is 254 g/mol. The third-order valence-corrected chi connectivity index (χ3v) is 2.92. The third-order valence-electron chi connectivity index (χ3n) is 2.92. The molecule has 0 unspecified atom stereocenters. The molecular formula is C9H14N6O3. The van der Waals surface area contributed by atoms with Crippen molar-refractivity contribution in [2.45, 2.75) is 19.4 Å². The van der Waals surface area contributed by atoms with Gasteiger partial charge in [0.25, 0.3) is 0 Å². The highest BCUT2D eigenvalue weighted by Gasteiger charge is 2.26. The number of amides is 2. The van der Waals surface area contributed by atoms with Crippen LogP contribution in [0, 0.1) is 5.92 Å². The number of nitrogens with one attached hydrogen (secondary N) is 2. The quantitative estimate of drug-likeness (QED) is 0.649. The standard InChI is InChI=1S/C9H14N6O3/c16-8(17)6-1-3-15(4-2-6)9(18)10-5-7-11-13-14-12-7/h6H,1-5H2,(H,10,18)(H,16,17)(H,11,12,13,14). The second-order valence-corrected chi connectivity index (χ2v) is 4.09. The lowest BCUT2D eigenvalue weighted by Crippen LogP contribution is -2.45. The van der Waals surface area contributed by atoms with Gasteiger partial charge in [-0.3, -0.25) is 4.79 Å². The molecule has 1 fully saturated rings. The van der Waals surface area contributed by atoms with Gasteiger partial charge in [0.05, 0.1) is 12.5 Å². The molecule has 0 spiro atoms. The Morgan fingerprint density at radius 3 is 2.72 bits per heavy atom. The molecule has 1 aliphatic heterocycles. The molecule has 0 aliphatic carbocycles. The van der Waals surface area contributed by atoms with Gasteiger partial charge in [0, 0.05) is 13.1 Å². The summed E-state index contributed by atoms with van der Waals surface area (Å²) in [5, 5.41) is 24.6. The van der Waals surface area contributed by atoms with E-state index in [2.05, 4.69) is 25.9 Å². The van der Waals surface area contributed by atoms with E-state index >= 15 is 0 Å². The summed E-state index contributed by atoms with van der Waals surface area (Å²) >= 11 is 0. The Balaban J connectivity index is 1.75. The van der Waals surface area contributed by atoms with Crippen LogP contribution in [-0.4, -0.2) is 55.7 Å². The minimum Gasteiger partial charge on any atom is -0.481 e. The highest BCUT2D eigenvalue weighted by atomic mass is 16.4. The van der Waals surface area contributed by atoms with E-state index in [0.717, 1.165) is 0 Å². The Morgan fingerprint density at radius 2 is 2.17 bits per heavy atom. The predicted molar refractivity (Wildman–Crippen MR) is 58.3 cm³/mol. The maximum Gasteiger partial charge on any atom is 0.317 e. The van der Waals surface area contributed by atoms with Gasteiger partial charge in [-0.2, -0.15) is 5.21 Å². The molecule has 1 saturated heterocycles. The van der Waals surface area contributed by atoms with Crippen molar-refractivity contribution < 1.29 is 14.7 Å². The van der Waals surface area contributed by atoms with Gasteiger partial charge in [0.2, 0.25) is 0 Å². The third kappa shape index (κ3) is 2.93. The number of hydrogen-bond acceptors (Lipinski definition) is 5. The lowest BCUT2D eigenvalue weighted by molar-refractivity contribution is -0.143. The summed E-state index contributed by atoms with van der Waals surface area (Å²) in [5.74, 6) is -0.725. The van der Waals surface area contributed by atoms with E-state index in [1.54, 1.807) is 4.90 Å². The van der Waals surface area contributed by atoms with Gasteiger partial charge in [-0.25, -0.2) is 4.79 Å². The first-order valence-electron chi connectivity index (χ1n) is 5.64. The van der Waals surface area contributed by atoms with Gasteiger partial charge in [-0.1, -0.05) is 5.21 Å². The second kappa shape index (κ2) is 5.43. The van der Waals surface area contributed by atoms with Crippen molar-refractivity contribution in [3.8, 4) is 0 Å². The second-order valence-electron chi connectivity index (χ2n) is 4.09. The van der Waals surface area contributed by atoms with E-state index < -0.39 is 5.97 Å². The molecule has 0 bridgehead atoms.